The normalized spacial score (nSPS) is 10.6. The Kier molecular flexibility index (Phi) is 4.90. The highest BCUT2D eigenvalue weighted by Gasteiger charge is 2.11. The number of esters is 1. The van der Waals surface area contributed by atoms with Crippen LogP contribution in [-0.2, 0) is 18.0 Å². The Balaban J connectivity index is 1.58. The smallest absolute Gasteiger partial charge is 0.338 e. The molecule has 0 amide bonds. The van der Waals surface area contributed by atoms with E-state index in [0.29, 0.717) is 23.7 Å². The third kappa shape index (κ3) is 4.20. The molecule has 0 fully saturated rings. The first-order valence-electron chi connectivity index (χ1n) is 7.33. The topological polar surface area (TPSA) is 74.5 Å². The lowest BCUT2D eigenvalue weighted by atomic mass is 10.2. The standard InChI is InChI=1S/C17H16N2O4S/c1-11-6-16(23-19-11)9-22-17(20)13-4-3-5-15(7-13)21-8-14-10-24-12(2)18-14/h3-7,10H,8-9H2,1-2H3. The monoisotopic (exact) mass is 344 g/mol. The molecule has 24 heavy (non-hydrogen) atoms. The summed E-state index contributed by atoms with van der Waals surface area (Å²) in [4.78, 5) is 16.4. The van der Waals surface area contributed by atoms with E-state index in [1.807, 2.05) is 12.3 Å². The van der Waals surface area contributed by atoms with Crippen LogP contribution in [0.1, 0.15) is 32.5 Å². The van der Waals surface area contributed by atoms with Crippen molar-refractivity contribution in [3.63, 3.8) is 0 Å². The van der Waals surface area contributed by atoms with Gasteiger partial charge in [0.2, 0.25) is 0 Å². The van der Waals surface area contributed by atoms with E-state index in [1.165, 1.54) is 0 Å². The van der Waals surface area contributed by atoms with Crippen molar-refractivity contribution in [3.8, 4) is 5.75 Å². The lowest BCUT2D eigenvalue weighted by Gasteiger charge is -2.07. The molecule has 0 aliphatic rings. The van der Waals surface area contributed by atoms with Gasteiger partial charge in [-0.15, -0.1) is 11.3 Å². The molecule has 3 aromatic rings. The Morgan fingerprint density at radius 2 is 2.12 bits per heavy atom. The zero-order valence-corrected chi connectivity index (χ0v) is 14.1. The molecule has 1 aromatic carbocycles. The van der Waals surface area contributed by atoms with Crippen molar-refractivity contribution in [2.24, 2.45) is 0 Å². The van der Waals surface area contributed by atoms with E-state index >= 15 is 0 Å². The largest absolute Gasteiger partial charge is 0.487 e. The van der Waals surface area contributed by atoms with E-state index in [4.69, 9.17) is 14.0 Å². The lowest BCUT2D eigenvalue weighted by molar-refractivity contribution is 0.0437. The fourth-order valence-corrected chi connectivity index (χ4v) is 2.65. The summed E-state index contributed by atoms with van der Waals surface area (Å²) in [5.74, 6) is 0.650. The second-order valence-electron chi connectivity index (χ2n) is 5.19. The van der Waals surface area contributed by atoms with Crippen molar-refractivity contribution in [1.82, 2.24) is 10.1 Å². The van der Waals surface area contributed by atoms with Gasteiger partial charge in [0.25, 0.3) is 0 Å². The highest BCUT2D eigenvalue weighted by Crippen LogP contribution is 2.17. The van der Waals surface area contributed by atoms with Gasteiger partial charge < -0.3 is 14.0 Å². The Bertz CT molecular complexity index is 840. The number of thiazole rings is 1. The molecule has 7 heteroatoms. The maximum atomic E-state index is 12.1. The van der Waals surface area contributed by atoms with Crippen LogP contribution in [0.2, 0.25) is 0 Å². The summed E-state index contributed by atoms with van der Waals surface area (Å²) in [7, 11) is 0. The van der Waals surface area contributed by atoms with Gasteiger partial charge in [0.15, 0.2) is 12.4 Å². The van der Waals surface area contributed by atoms with E-state index in [1.54, 1.807) is 48.6 Å². The van der Waals surface area contributed by atoms with Crippen molar-refractivity contribution in [2.45, 2.75) is 27.1 Å². The number of hydrogen-bond acceptors (Lipinski definition) is 7. The van der Waals surface area contributed by atoms with Crippen LogP contribution >= 0.6 is 11.3 Å². The molecule has 0 bridgehead atoms. The van der Waals surface area contributed by atoms with Crippen LogP contribution in [0.4, 0.5) is 0 Å². The summed E-state index contributed by atoms with van der Waals surface area (Å²) in [6, 6.07) is 8.58. The first-order valence-corrected chi connectivity index (χ1v) is 8.21. The van der Waals surface area contributed by atoms with Gasteiger partial charge in [0.1, 0.15) is 12.4 Å². The molecule has 2 aromatic heterocycles. The average Bonchev–Trinajstić information content (AvgIpc) is 3.19. The number of rotatable bonds is 6. The number of nitrogens with zero attached hydrogens (tertiary/aromatic N) is 2. The molecule has 0 saturated carbocycles. The molecule has 3 rings (SSSR count). The molecule has 0 atom stereocenters. The van der Waals surface area contributed by atoms with Gasteiger partial charge in [0.05, 0.1) is 22.0 Å². The number of benzene rings is 1. The predicted octanol–water partition coefficient (Wildman–Crippen LogP) is 3.68. The minimum Gasteiger partial charge on any atom is -0.487 e. The molecule has 124 valence electrons. The Morgan fingerprint density at radius 3 is 2.83 bits per heavy atom. The number of hydrogen-bond donors (Lipinski definition) is 0. The molecule has 2 heterocycles. The van der Waals surface area contributed by atoms with Crippen LogP contribution in [0.15, 0.2) is 40.2 Å². The maximum Gasteiger partial charge on any atom is 0.338 e. The van der Waals surface area contributed by atoms with Crippen molar-refractivity contribution in [3.05, 3.63) is 63.4 Å². The summed E-state index contributed by atoms with van der Waals surface area (Å²) >= 11 is 1.57. The second-order valence-corrected chi connectivity index (χ2v) is 6.25. The Morgan fingerprint density at radius 1 is 1.25 bits per heavy atom. The lowest BCUT2D eigenvalue weighted by Crippen LogP contribution is -2.05. The van der Waals surface area contributed by atoms with Gasteiger partial charge >= 0.3 is 5.97 Å². The second kappa shape index (κ2) is 7.27. The molecular weight excluding hydrogens is 328 g/mol. The zero-order chi connectivity index (χ0) is 16.9. The van der Waals surface area contributed by atoms with E-state index in [2.05, 4.69) is 10.1 Å². The zero-order valence-electron chi connectivity index (χ0n) is 13.3. The SMILES string of the molecule is Cc1cc(COC(=O)c2cccc(OCc3csc(C)n3)c2)on1. The molecule has 0 aliphatic carbocycles. The number of aryl methyl sites for hydroxylation is 2. The Labute approximate surface area is 143 Å². The summed E-state index contributed by atoms with van der Waals surface area (Å²) in [5, 5.41) is 6.69. The number of ether oxygens (including phenoxy) is 2. The molecule has 0 saturated heterocycles. The van der Waals surface area contributed by atoms with Crippen molar-refractivity contribution < 1.29 is 18.8 Å². The van der Waals surface area contributed by atoms with Crippen LogP contribution in [0.5, 0.6) is 5.75 Å². The quantitative estimate of drug-likeness (QED) is 0.635. The molecule has 6 nitrogen and oxygen atoms in total. The first-order chi connectivity index (χ1) is 11.6. The molecular formula is C17H16N2O4S. The summed E-state index contributed by atoms with van der Waals surface area (Å²) in [6.07, 6.45) is 0. The van der Waals surface area contributed by atoms with Crippen molar-refractivity contribution >= 4 is 17.3 Å². The number of carbonyl (C=O) groups excluding carboxylic acids is 1. The van der Waals surface area contributed by atoms with E-state index in [9.17, 15) is 4.79 Å². The fourth-order valence-electron chi connectivity index (χ4n) is 2.05. The van der Waals surface area contributed by atoms with Crippen LogP contribution in [0.3, 0.4) is 0 Å². The highest BCUT2D eigenvalue weighted by molar-refractivity contribution is 7.09. The summed E-state index contributed by atoms with van der Waals surface area (Å²) < 4.78 is 15.9. The maximum absolute atomic E-state index is 12.1. The van der Waals surface area contributed by atoms with Gasteiger partial charge in [-0.1, -0.05) is 11.2 Å². The van der Waals surface area contributed by atoms with Gasteiger partial charge in [-0.05, 0) is 32.0 Å². The molecule has 0 radical (unpaired) electrons. The predicted molar refractivity (Wildman–Crippen MR) is 88.0 cm³/mol. The summed E-state index contributed by atoms with van der Waals surface area (Å²) in [5.41, 5.74) is 2.03. The number of carbonyl (C=O) groups is 1. The van der Waals surface area contributed by atoms with Gasteiger partial charge in [-0.2, -0.15) is 0 Å². The van der Waals surface area contributed by atoms with Crippen molar-refractivity contribution in [2.75, 3.05) is 0 Å². The van der Waals surface area contributed by atoms with E-state index in [-0.39, 0.29) is 6.61 Å². The third-order valence-electron chi connectivity index (χ3n) is 3.15. The highest BCUT2D eigenvalue weighted by atomic mass is 32.1. The molecule has 0 aliphatic heterocycles. The van der Waals surface area contributed by atoms with Crippen LogP contribution in [-0.4, -0.2) is 16.1 Å². The third-order valence-corrected chi connectivity index (χ3v) is 3.97. The van der Waals surface area contributed by atoms with Gasteiger partial charge in [-0.25, -0.2) is 9.78 Å². The van der Waals surface area contributed by atoms with Gasteiger partial charge in [0, 0.05) is 11.4 Å². The fraction of sp³-hybridized carbons (Fsp3) is 0.235. The van der Waals surface area contributed by atoms with Crippen molar-refractivity contribution in [1.29, 1.82) is 0 Å². The van der Waals surface area contributed by atoms with Crippen LogP contribution in [0.25, 0.3) is 0 Å². The molecule has 0 spiro atoms. The number of aromatic nitrogens is 2. The minimum absolute atomic E-state index is 0.0445. The first kappa shape index (κ1) is 16.2. The average molecular weight is 344 g/mol. The van der Waals surface area contributed by atoms with Gasteiger partial charge in [-0.3, -0.25) is 0 Å². The van der Waals surface area contributed by atoms with Crippen LogP contribution < -0.4 is 4.74 Å². The Hall–Kier alpha value is -2.67. The minimum atomic E-state index is -0.445. The van der Waals surface area contributed by atoms with Crippen LogP contribution in [0, 0.1) is 13.8 Å². The van der Waals surface area contributed by atoms with E-state index in [0.717, 1.165) is 16.4 Å². The molecule has 0 N–H and O–H groups in total. The van der Waals surface area contributed by atoms with E-state index < -0.39 is 5.97 Å². The summed E-state index contributed by atoms with van der Waals surface area (Å²) in [6.45, 7) is 4.16. The molecule has 0 unspecified atom stereocenters.